The van der Waals surface area contributed by atoms with Crippen molar-refractivity contribution in [2.75, 3.05) is 0 Å². The maximum Gasteiger partial charge on any atom is 0.307 e. The van der Waals surface area contributed by atoms with Crippen LogP contribution in [0.3, 0.4) is 0 Å². The summed E-state index contributed by atoms with van der Waals surface area (Å²) < 4.78 is 11.1. The third-order valence-corrected chi connectivity index (χ3v) is 2.77. The minimum absolute atomic E-state index is 0.0900. The fourth-order valence-corrected chi connectivity index (χ4v) is 1.71. The highest BCUT2D eigenvalue weighted by molar-refractivity contribution is 5.71. The molecule has 6 heteroatoms. The van der Waals surface area contributed by atoms with Crippen molar-refractivity contribution in [2.24, 2.45) is 0 Å². The van der Waals surface area contributed by atoms with Crippen LogP contribution in [0.2, 0.25) is 0 Å². The third kappa shape index (κ3) is 4.05. The first-order chi connectivity index (χ1) is 9.86. The predicted molar refractivity (Wildman–Crippen MR) is 75.1 cm³/mol. The molecule has 0 bridgehead atoms. The van der Waals surface area contributed by atoms with Crippen molar-refractivity contribution in [1.29, 1.82) is 0 Å². The van der Waals surface area contributed by atoms with Crippen molar-refractivity contribution in [1.82, 2.24) is 10.2 Å². The average Bonchev–Trinajstić information content (AvgIpc) is 2.86. The summed E-state index contributed by atoms with van der Waals surface area (Å²) in [7, 11) is 0. The van der Waals surface area contributed by atoms with E-state index in [4.69, 9.17) is 14.3 Å². The Balaban J connectivity index is 2.06. The van der Waals surface area contributed by atoms with Crippen LogP contribution in [0.5, 0.6) is 5.75 Å². The van der Waals surface area contributed by atoms with Gasteiger partial charge in [-0.25, -0.2) is 0 Å². The number of hydrogen-bond acceptors (Lipinski definition) is 5. The molecule has 0 saturated heterocycles. The van der Waals surface area contributed by atoms with Gasteiger partial charge in [0, 0.05) is 11.0 Å². The van der Waals surface area contributed by atoms with Crippen LogP contribution < -0.4 is 4.74 Å². The summed E-state index contributed by atoms with van der Waals surface area (Å²) in [5.41, 5.74) is 0.396. The molecule has 2 rings (SSSR count). The summed E-state index contributed by atoms with van der Waals surface area (Å²) in [4.78, 5) is 10.8. The molecule has 1 aromatic carbocycles. The lowest BCUT2D eigenvalue weighted by atomic mass is 9.97. The van der Waals surface area contributed by atoms with Crippen LogP contribution in [0, 0.1) is 0 Å². The van der Waals surface area contributed by atoms with Crippen LogP contribution >= 0.6 is 0 Å². The molecular weight excluding hydrogens is 272 g/mol. The van der Waals surface area contributed by atoms with Crippen LogP contribution in [0.25, 0.3) is 0 Å². The van der Waals surface area contributed by atoms with E-state index in [0.29, 0.717) is 23.1 Å². The van der Waals surface area contributed by atoms with E-state index in [9.17, 15) is 4.79 Å². The first-order valence-electron chi connectivity index (χ1n) is 6.61. The van der Waals surface area contributed by atoms with Gasteiger partial charge in [0.1, 0.15) is 5.75 Å². The van der Waals surface area contributed by atoms with E-state index in [1.165, 1.54) is 0 Å². The summed E-state index contributed by atoms with van der Waals surface area (Å²) in [6.45, 7) is 6.05. The van der Waals surface area contributed by atoms with Crippen LogP contribution in [-0.2, 0) is 23.2 Å². The standard InChI is InChI=1S/C15H18N2O4/c1-15(2,3)14-17-16-12(21-14)9-20-11-7-5-4-6-10(11)8-13(18)19/h4-7H,8-9H2,1-3H3,(H,18,19). The molecule has 6 nitrogen and oxygen atoms in total. The second kappa shape index (κ2) is 5.95. The molecule has 0 fully saturated rings. The second-order valence-electron chi connectivity index (χ2n) is 5.72. The van der Waals surface area contributed by atoms with E-state index in [1.54, 1.807) is 24.3 Å². The molecule has 112 valence electrons. The zero-order valence-corrected chi connectivity index (χ0v) is 12.3. The molecular formula is C15H18N2O4. The molecule has 0 saturated carbocycles. The molecule has 0 unspecified atom stereocenters. The number of para-hydroxylation sites is 1. The Morgan fingerprint density at radius 1 is 1.29 bits per heavy atom. The number of carboxylic acids is 1. The Bertz CT molecular complexity index is 629. The lowest BCUT2D eigenvalue weighted by Crippen LogP contribution is -2.11. The van der Waals surface area contributed by atoms with E-state index < -0.39 is 5.97 Å². The van der Waals surface area contributed by atoms with Crippen molar-refractivity contribution in [3.8, 4) is 5.75 Å². The Kier molecular flexibility index (Phi) is 4.26. The lowest BCUT2D eigenvalue weighted by Gasteiger charge is -2.11. The number of aromatic nitrogens is 2. The lowest BCUT2D eigenvalue weighted by molar-refractivity contribution is -0.136. The minimum atomic E-state index is -0.904. The van der Waals surface area contributed by atoms with Gasteiger partial charge in [-0.2, -0.15) is 0 Å². The van der Waals surface area contributed by atoms with E-state index in [2.05, 4.69) is 10.2 Å². The van der Waals surface area contributed by atoms with Gasteiger partial charge in [-0.15, -0.1) is 10.2 Å². The number of rotatable bonds is 5. The van der Waals surface area contributed by atoms with Gasteiger partial charge in [0.15, 0.2) is 6.61 Å². The van der Waals surface area contributed by atoms with Crippen LogP contribution in [-0.4, -0.2) is 21.3 Å². The zero-order valence-electron chi connectivity index (χ0n) is 12.3. The maximum atomic E-state index is 10.8. The highest BCUT2D eigenvalue weighted by Crippen LogP contribution is 2.22. The fraction of sp³-hybridized carbons (Fsp3) is 0.400. The first-order valence-corrected chi connectivity index (χ1v) is 6.61. The highest BCUT2D eigenvalue weighted by Gasteiger charge is 2.21. The number of nitrogens with zero attached hydrogens (tertiary/aromatic N) is 2. The summed E-state index contributed by atoms with van der Waals surface area (Å²) >= 11 is 0. The molecule has 0 aliphatic carbocycles. The second-order valence-corrected chi connectivity index (χ2v) is 5.72. The Morgan fingerprint density at radius 2 is 2.00 bits per heavy atom. The van der Waals surface area contributed by atoms with Crippen LogP contribution in [0.1, 0.15) is 38.1 Å². The normalized spacial score (nSPS) is 11.4. The number of benzene rings is 1. The van der Waals surface area contributed by atoms with E-state index >= 15 is 0 Å². The molecule has 0 aliphatic heterocycles. The molecule has 0 atom stereocenters. The van der Waals surface area contributed by atoms with Gasteiger partial charge in [-0.3, -0.25) is 4.79 Å². The summed E-state index contributed by atoms with van der Waals surface area (Å²) in [5, 5.41) is 16.8. The van der Waals surface area contributed by atoms with E-state index in [0.717, 1.165) is 0 Å². The SMILES string of the molecule is CC(C)(C)c1nnc(COc2ccccc2CC(=O)O)o1. The Labute approximate surface area is 122 Å². The van der Waals surface area contributed by atoms with Crippen molar-refractivity contribution in [3.63, 3.8) is 0 Å². The first kappa shape index (κ1) is 15.0. The topological polar surface area (TPSA) is 85.5 Å². The minimum Gasteiger partial charge on any atom is -0.484 e. The molecule has 1 heterocycles. The monoisotopic (exact) mass is 290 g/mol. The third-order valence-electron chi connectivity index (χ3n) is 2.77. The molecule has 0 amide bonds. The van der Waals surface area contributed by atoms with E-state index in [1.807, 2.05) is 20.8 Å². The van der Waals surface area contributed by atoms with Crippen molar-refractivity contribution >= 4 is 5.97 Å². The van der Waals surface area contributed by atoms with Crippen molar-refractivity contribution in [3.05, 3.63) is 41.6 Å². The van der Waals surface area contributed by atoms with Gasteiger partial charge in [-0.1, -0.05) is 39.0 Å². The summed E-state index contributed by atoms with van der Waals surface area (Å²) in [6, 6.07) is 7.00. The van der Waals surface area contributed by atoms with Gasteiger partial charge in [-0.05, 0) is 6.07 Å². The quantitative estimate of drug-likeness (QED) is 0.910. The van der Waals surface area contributed by atoms with Crippen LogP contribution in [0.4, 0.5) is 0 Å². The smallest absolute Gasteiger partial charge is 0.307 e. The largest absolute Gasteiger partial charge is 0.484 e. The molecule has 1 N–H and O–H groups in total. The molecule has 2 aromatic rings. The highest BCUT2D eigenvalue weighted by atomic mass is 16.5. The summed E-state index contributed by atoms with van der Waals surface area (Å²) in [6.07, 6.45) is -0.0900. The molecule has 21 heavy (non-hydrogen) atoms. The number of aliphatic carboxylic acids is 1. The zero-order chi connectivity index (χ0) is 15.5. The molecule has 0 spiro atoms. The molecule has 0 radical (unpaired) electrons. The van der Waals surface area contributed by atoms with Crippen molar-refractivity contribution in [2.45, 2.75) is 39.2 Å². The van der Waals surface area contributed by atoms with Gasteiger partial charge < -0.3 is 14.3 Å². The summed E-state index contributed by atoms with van der Waals surface area (Å²) in [5.74, 6) is 0.513. The van der Waals surface area contributed by atoms with Gasteiger partial charge in [0.25, 0.3) is 5.89 Å². The fourth-order valence-electron chi connectivity index (χ4n) is 1.71. The predicted octanol–water partition coefficient (Wildman–Crippen LogP) is 2.57. The van der Waals surface area contributed by atoms with Gasteiger partial charge in [0.05, 0.1) is 6.42 Å². The Hall–Kier alpha value is -2.37. The molecule has 1 aromatic heterocycles. The Morgan fingerprint density at radius 3 is 2.62 bits per heavy atom. The van der Waals surface area contributed by atoms with Crippen LogP contribution in [0.15, 0.2) is 28.7 Å². The average molecular weight is 290 g/mol. The van der Waals surface area contributed by atoms with Gasteiger partial charge in [0.2, 0.25) is 5.89 Å². The van der Waals surface area contributed by atoms with Gasteiger partial charge >= 0.3 is 5.97 Å². The molecule has 0 aliphatic rings. The number of ether oxygens (including phenoxy) is 1. The number of carboxylic acid groups (broad SMARTS) is 1. The number of hydrogen-bond donors (Lipinski definition) is 1. The van der Waals surface area contributed by atoms with Crippen molar-refractivity contribution < 1.29 is 19.1 Å². The maximum absolute atomic E-state index is 10.8. The number of carbonyl (C=O) groups is 1. The van der Waals surface area contributed by atoms with E-state index in [-0.39, 0.29) is 18.4 Å².